The largest absolute Gasteiger partial charge is 0.343 e. The molecule has 1 amide bonds. The Labute approximate surface area is 140 Å². The Balaban J connectivity index is 2.32. The molecule has 0 radical (unpaired) electrons. The summed E-state index contributed by atoms with van der Waals surface area (Å²) in [5.41, 5.74) is 3.20. The highest BCUT2D eigenvalue weighted by Gasteiger charge is 2.32. The molecule has 0 aliphatic heterocycles. The highest BCUT2D eigenvalue weighted by Crippen LogP contribution is 2.31. The lowest BCUT2D eigenvalue weighted by Crippen LogP contribution is -2.43. The van der Waals surface area contributed by atoms with Gasteiger partial charge in [-0.05, 0) is 37.0 Å². The van der Waals surface area contributed by atoms with Gasteiger partial charge < -0.3 is 4.90 Å². The first-order chi connectivity index (χ1) is 10.8. The van der Waals surface area contributed by atoms with Crippen LogP contribution in [0.3, 0.4) is 0 Å². The maximum atomic E-state index is 12.8. The van der Waals surface area contributed by atoms with Crippen molar-refractivity contribution in [1.29, 1.82) is 0 Å². The average Bonchev–Trinajstić information content (AvgIpc) is 2.54. The van der Waals surface area contributed by atoms with Crippen molar-refractivity contribution in [3.8, 4) is 11.1 Å². The number of carbonyl (C=O) groups excluding carboxylic acids is 1. The maximum Gasteiger partial charge on any atom is 0.228 e. The monoisotopic (exact) mass is 309 g/mol. The van der Waals surface area contributed by atoms with Crippen LogP contribution in [0.4, 0.5) is 0 Å². The standard InChI is InChI=1S/C21H27NO/c1-16(2)22(5)20(23)21(3,4)15-18-13-9-10-14-19(18)17-11-7-6-8-12-17/h6-14,16H,15H2,1-5H3. The van der Waals surface area contributed by atoms with Gasteiger partial charge in [0.1, 0.15) is 0 Å². The zero-order chi connectivity index (χ0) is 17.0. The van der Waals surface area contributed by atoms with Gasteiger partial charge in [-0.15, -0.1) is 0 Å². The summed E-state index contributed by atoms with van der Waals surface area (Å²) in [5.74, 6) is 0.190. The predicted octanol–water partition coefficient (Wildman–Crippen LogP) is 4.79. The van der Waals surface area contributed by atoms with E-state index < -0.39 is 5.41 Å². The molecule has 0 aromatic heterocycles. The first-order valence-electron chi connectivity index (χ1n) is 8.23. The molecule has 2 rings (SSSR count). The molecule has 2 aromatic rings. The number of rotatable bonds is 5. The SMILES string of the molecule is CC(C)N(C)C(=O)C(C)(C)Cc1ccccc1-c1ccccc1. The normalized spacial score (nSPS) is 11.6. The van der Waals surface area contributed by atoms with E-state index in [1.54, 1.807) is 0 Å². The van der Waals surface area contributed by atoms with Crippen LogP contribution in [0.5, 0.6) is 0 Å². The summed E-state index contributed by atoms with van der Waals surface area (Å²) in [5, 5.41) is 0. The van der Waals surface area contributed by atoms with Crippen LogP contribution < -0.4 is 0 Å². The molecule has 0 aliphatic rings. The number of benzene rings is 2. The molecular weight excluding hydrogens is 282 g/mol. The Morgan fingerprint density at radius 1 is 1.00 bits per heavy atom. The molecule has 2 heteroatoms. The Morgan fingerprint density at radius 2 is 1.57 bits per heavy atom. The number of amides is 1. The van der Waals surface area contributed by atoms with E-state index in [4.69, 9.17) is 0 Å². The molecule has 0 bridgehead atoms. The third-order valence-electron chi connectivity index (χ3n) is 4.41. The summed E-state index contributed by atoms with van der Waals surface area (Å²) in [7, 11) is 1.89. The Hall–Kier alpha value is -2.09. The van der Waals surface area contributed by atoms with Crippen molar-refractivity contribution < 1.29 is 4.79 Å². The molecule has 0 fully saturated rings. The minimum atomic E-state index is -0.427. The van der Waals surface area contributed by atoms with Crippen molar-refractivity contribution >= 4 is 5.91 Å². The van der Waals surface area contributed by atoms with E-state index in [1.165, 1.54) is 16.7 Å². The summed E-state index contributed by atoms with van der Waals surface area (Å²) in [6.45, 7) is 8.17. The van der Waals surface area contributed by atoms with E-state index in [9.17, 15) is 4.79 Å². The topological polar surface area (TPSA) is 20.3 Å². The highest BCUT2D eigenvalue weighted by atomic mass is 16.2. The molecule has 122 valence electrons. The molecule has 2 nitrogen and oxygen atoms in total. The third kappa shape index (κ3) is 4.01. The van der Waals surface area contributed by atoms with Crippen molar-refractivity contribution in [3.63, 3.8) is 0 Å². The van der Waals surface area contributed by atoms with Gasteiger partial charge in [0.2, 0.25) is 5.91 Å². The van der Waals surface area contributed by atoms with E-state index in [-0.39, 0.29) is 11.9 Å². The predicted molar refractivity (Wildman–Crippen MR) is 97.3 cm³/mol. The molecule has 0 spiro atoms. The second kappa shape index (κ2) is 6.99. The average molecular weight is 309 g/mol. The fourth-order valence-corrected chi connectivity index (χ4v) is 2.84. The quantitative estimate of drug-likeness (QED) is 0.777. The lowest BCUT2D eigenvalue weighted by atomic mass is 9.81. The van der Waals surface area contributed by atoms with Crippen molar-refractivity contribution in [3.05, 3.63) is 60.2 Å². The van der Waals surface area contributed by atoms with Gasteiger partial charge in [-0.1, -0.05) is 68.4 Å². The van der Waals surface area contributed by atoms with Gasteiger partial charge in [-0.2, -0.15) is 0 Å². The number of nitrogens with zero attached hydrogens (tertiary/aromatic N) is 1. The molecule has 2 aromatic carbocycles. The molecule has 23 heavy (non-hydrogen) atoms. The van der Waals surface area contributed by atoms with Crippen LogP contribution in [0.1, 0.15) is 33.3 Å². The number of hydrogen-bond acceptors (Lipinski definition) is 1. The van der Waals surface area contributed by atoms with Crippen LogP contribution in [0.15, 0.2) is 54.6 Å². The van der Waals surface area contributed by atoms with Crippen LogP contribution in [0.2, 0.25) is 0 Å². The molecule has 0 atom stereocenters. The second-order valence-corrected chi connectivity index (χ2v) is 7.09. The zero-order valence-corrected chi connectivity index (χ0v) is 14.8. The summed E-state index contributed by atoms with van der Waals surface area (Å²) in [6.07, 6.45) is 0.730. The molecule has 0 heterocycles. The summed E-state index contributed by atoms with van der Waals surface area (Å²) in [4.78, 5) is 14.6. The first-order valence-corrected chi connectivity index (χ1v) is 8.23. The molecular formula is C21H27NO. The lowest BCUT2D eigenvalue weighted by Gasteiger charge is -2.32. The lowest BCUT2D eigenvalue weighted by molar-refractivity contribution is -0.140. The first kappa shape index (κ1) is 17.3. The van der Waals surface area contributed by atoms with E-state index >= 15 is 0 Å². The maximum absolute atomic E-state index is 12.8. The van der Waals surface area contributed by atoms with Crippen molar-refractivity contribution in [2.24, 2.45) is 5.41 Å². The molecule has 0 N–H and O–H groups in total. The summed E-state index contributed by atoms with van der Waals surface area (Å²) >= 11 is 0. The minimum Gasteiger partial charge on any atom is -0.343 e. The van der Waals surface area contributed by atoms with Crippen LogP contribution in [-0.2, 0) is 11.2 Å². The zero-order valence-electron chi connectivity index (χ0n) is 14.8. The van der Waals surface area contributed by atoms with Crippen LogP contribution >= 0.6 is 0 Å². The minimum absolute atomic E-state index is 0.190. The van der Waals surface area contributed by atoms with Crippen molar-refractivity contribution in [2.75, 3.05) is 7.05 Å². The van der Waals surface area contributed by atoms with Gasteiger partial charge >= 0.3 is 0 Å². The van der Waals surface area contributed by atoms with E-state index in [0.29, 0.717) is 0 Å². The fourth-order valence-electron chi connectivity index (χ4n) is 2.84. The van der Waals surface area contributed by atoms with Gasteiger partial charge in [0, 0.05) is 18.5 Å². The molecule has 0 saturated carbocycles. The number of hydrogen-bond donors (Lipinski definition) is 0. The Morgan fingerprint density at radius 3 is 2.17 bits per heavy atom. The molecule has 0 unspecified atom stereocenters. The van der Waals surface area contributed by atoms with E-state index in [0.717, 1.165) is 6.42 Å². The van der Waals surface area contributed by atoms with Crippen molar-refractivity contribution in [2.45, 2.75) is 40.2 Å². The fraction of sp³-hybridized carbons (Fsp3) is 0.381. The third-order valence-corrected chi connectivity index (χ3v) is 4.41. The van der Waals surface area contributed by atoms with E-state index in [1.807, 2.05) is 45.7 Å². The molecule has 0 aliphatic carbocycles. The Bertz CT molecular complexity index is 659. The van der Waals surface area contributed by atoms with Gasteiger partial charge in [0.05, 0.1) is 0 Å². The van der Waals surface area contributed by atoms with Crippen molar-refractivity contribution in [1.82, 2.24) is 4.90 Å². The van der Waals surface area contributed by atoms with Crippen LogP contribution in [0, 0.1) is 5.41 Å². The highest BCUT2D eigenvalue weighted by molar-refractivity contribution is 5.83. The smallest absolute Gasteiger partial charge is 0.228 e. The summed E-state index contributed by atoms with van der Waals surface area (Å²) in [6, 6.07) is 19.0. The Kier molecular flexibility index (Phi) is 5.25. The number of carbonyl (C=O) groups is 1. The summed E-state index contributed by atoms with van der Waals surface area (Å²) < 4.78 is 0. The van der Waals surface area contributed by atoms with E-state index in [2.05, 4.69) is 48.5 Å². The second-order valence-electron chi connectivity index (χ2n) is 7.09. The van der Waals surface area contributed by atoms with Gasteiger partial charge in [-0.3, -0.25) is 4.79 Å². The van der Waals surface area contributed by atoms with Gasteiger partial charge in [-0.25, -0.2) is 0 Å². The van der Waals surface area contributed by atoms with Gasteiger partial charge in [0.25, 0.3) is 0 Å². The molecule has 0 saturated heterocycles. The van der Waals surface area contributed by atoms with Crippen LogP contribution in [0.25, 0.3) is 11.1 Å². The van der Waals surface area contributed by atoms with Crippen LogP contribution in [-0.4, -0.2) is 23.9 Å². The van der Waals surface area contributed by atoms with Gasteiger partial charge in [0.15, 0.2) is 0 Å².